The summed E-state index contributed by atoms with van der Waals surface area (Å²) in [5, 5.41) is 15.8. The van der Waals surface area contributed by atoms with Gasteiger partial charge in [0.1, 0.15) is 0 Å². The van der Waals surface area contributed by atoms with Gasteiger partial charge in [-0.2, -0.15) is 5.21 Å². The van der Waals surface area contributed by atoms with Gasteiger partial charge < -0.3 is 5.32 Å². The minimum atomic E-state index is -0.100. The number of amides is 1. The first-order valence-corrected chi connectivity index (χ1v) is 4.41. The fourth-order valence-corrected chi connectivity index (χ4v) is 0.955. The Balaban J connectivity index is 2.39. The highest BCUT2D eigenvalue weighted by Gasteiger charge is 2.04. The maximum absolute atomic E-state index is 11.4. The standard InChI is InChI=1S/C8H13N5O/c1-3-4-6(2)8(14)9-5-7-10-12-13-11-7/h4H,3,5H2,1-2H3,(H,9,14)(H,10,11,12,13). The number of hydrogen-bond donors (Lipinski definition) is 2. The van der Waals surface area contributed by atoms with Crippen molar-refractivity contribution in [2.24, 2.45) is 0 Å². The Labute approximate surface area is 81.8 Å². The molecule has 6 nitrogen and oxygen atoms in total. The summed E-state index contributed by atoms with van der Waals surface area (Å²) in [5.41, 5.74) is 0.705. The first-order valence-electron chi connectivity index (χ1n) is 4.41. The van der Waals surface area contributed by atoms with Crippen LogP contribution in [-0.2, 0) is 11.3 Å². The number of aromatic amines is 1. The van der Waals surface area contributed by atoms with Crippen LogP contribution in [0.3, 0.4) is 0 Å². The van der Waals surface area contributed by atoms with Crippen molar-refractivity contribution in [2.45, 2.75) is 26.8 Å². The van der Waals surface area contributed by atoms with Crippen LogP contribution in [0.4, 0.5) is 0 Å². The van der Waals surface area contributed by atoms with Gasteiger partial charge in [-0.15, -0.1) is 10.2 Å². The van der Waals surface area contributed by atoms with Crippen molar-refractivity contribution in [1.29, 1.82) is 0 Å². The van der Waals surface area contributed by atoms with Gasteiger partial charge in [0.25, 0.3) is 0 Å². The lowest BCUT2D eigenvalue weighted by molar-refractivity contribution is -0.117. The Kier molecular flexibility index (Phi) is 3.78. The van der Waals surface area contributed by atoms with Crippen LogP contribution in [0.5, 0.6) is 0 Å². The largest absolute Gasteiger partial charge is 0.345 e. The number of carbonyl (C=O) groups excluding carboxylic acids is 1. The van der Waals surface area contributed by atoms with Gasteiger partial charge in [-0.1, -0.05) is 18.2 Å². The molecular weight excluding hydrogens is 182 g/mol. The number of rotatable bonds is 4. The molecule has 0 saturated heterocycles. The molecule has 0 aromatic carbocycles. The molecule has 1 amide bonds. The lowest BCUT2D eigenvalue weighted by Gasteiger charge is -2.01. The van der Waals surface area contributed by atoms with Crippen LogP contribution in [0.1, 0.15) is 26.1 Å². The minimum absolute atomic E-state index is 0.100. The van der Waals surface area contributed by atoms with Crippen molar-refractivity contribution < 1.29 is 4.79 Å². The molecule has 0 saturated carbocycles. The van der Waals surface area contributed by atoms with Gasteiger partial charge in [0, 0.05) is 5.57 Å². The van der Waals surface area contributed by atoms with E-state index in [9.17, 15) is 4.79 Å². The molecule has 6 heteroatoms. The molecule has 0 fully saturated rings. The summed E-state index contributed by atoms with van der Waals surface area (Å²) in [7, 11) is 0. The van der Waals surface area contributed by atoms with Crippen LogP contribution in [0, 0.1) is 0 Å². The third kappa shape index (κ3) is 2.96. The Morgan fingerprint density at radius 2 is 2.43 bits per heavy atom. The maximum atomic E-state index is 11.4. The van der Waals surface area contributed by atoms with Crippen LogP contribution in [0.15, 0.2) is 11.6 Å². The van der Waals surface area contributed by atoms with Gasteiger partial charge >= 0.3 is 0 Å². The molecule has 0 aliphatic carbocycles. The zero-order valence-corrected chi connectivity index (χ0v) is 8.24. The van der Waals surface area contributed by atoms with Gasteiger partial charge in [-0.05, 0) is 13.3 Å². The van der Waals surface area contributed by atoms with Crippen LogP contribution in [0.2, 0.25) is 0 Å². The van der Waals surface area contributed by atoms with E-state index in [4.69, 9.17) is 0 Å². The summed E-state index contributed by atoms with van der Waals surface area (Å²) in [6.45, 7) is 4.05. The van der Waals surface area contributed by atoms with Crippen molar-refractivity contribution >= 4 is 5.91 Å². The van der Waals surface area contributed by atoms with Crippen LogP contribution in [-0.4, -0.2) is 26.5 Å². The highest BCUT2D eigenvalue weighted by atomic mass is 16.1. The predicted molar refractivity (Wildman–Crippen MR) is 50.1 cm³/mol. The van der Waals surface area contributed by atoms with Gasteiger partial charge in [0.15, 0.2) is 5.82 Å². The van der Waals surface area contributed by atoms with E-state index in [0.717, 1.165) is 6.42 Å². The average molecular weight is 195 g/mol. The first kappa shape index (κ1) is 10.4. The van der Waals surface area contributed by atoms with Crippen molar-refractivity contribution in [3.8, 4) is 0 Å². The maximum Gasteiger partial charge on any atom is 0.246 e. The van der Waals surface area contributed by atoms with E-state index in [1.165, 1.54) is 0 Å². The Bertz CT molecular complexity index is 316. The van der Waals surface area contributed by atoms with Crippen LogP contribution in [0.25, 0.3) is 0 Å². The third-order valence-corrected chi connectivity index (χ3v) is 1.66. The first-order chi connectivity index (χ1) is 6.74. The topological polar surface area (TPSA) is 83.6 Å². The third-order valence-electron chi connectivity index (χ3n) is 1.66. The molecule has 0 unspecified atom stereocenters. The summed E-state index contributed by atoms with van der Waals surface area (Å²) in [6.07, 6.45) is 2.72. The molecule has 1 aromatic rings. The van der Waals surface area contributed by atoms with E-state index in [-0.39, 0.29) is 5.91 Å². The van der Waals surface area contributed by atoms with Gasteiger partial charge in [-0.25, -0.2) is 0 Å². The Morgan fingerprint density at radius 1 is 1.64 bits per heavy atom. The number of hydrogen-bond acceptors (Lipinski definition) is 4. The number of aromatic nitrogens is 4. The van der Waals surface area contributed by atoms with Crippen molar-refractivity contribution in [3.05, 3.63) is 17.5 Å². The molecular formula is C8H13N5O. The molecule has 0 aliphatic rings. The highest BCUT2D eigenvalue weighted by Crippen LogP contribution is 1.95. The summed E-state index contributed by atoms with van der Waals surface area (Å²) in [5.74, 6) is 0.374. The second-order valence-electron chi connectivity index (χ2n) is 2.81. The van der Waals surface area contributed by atoms with Gasteiger partial charge in [-0.3, -0.25) is 4.79 Å². The van der Waals surface area contributed by atoms with Crippen LogP contribution >= 0.6 is 0 Å². The Hall–Kier alpha value is -1.72. The number of nitrogens with zero attached hydrogens (tertiary/aromatic N) is 3. The zero-order valence-electron chi connectivity index (χ0n) is 8.24. The predicted octanol–water partition coefficient (Wildman–Crippen LogP) is 0.172. The average Bonchev–Trinajstić information content (AvgIpc) is 2.67. The SMILES string of the molecule is CCC=C(C)C(=O)NCc1nn[nH]n1. The minimum Gasteiger partial charge on any atom is -0.345 e. The van der Waals surface area contributed by atoms with Gasteiger partial charge in [0.05, 0.1) is 6.54 Å². The number of allylic oxidation sites excluding steroid dienone is 1. The normalized spacial score (nSPS) is 11.4. The van der Waals surface area contributed by atoms with E-state index >= 15 is 0 Å². The number of H-pyrrole nitrogens is 1. The molecule has 14 heavy (non-hydrogen) atoms. The number of nitrogens with one attached hydrogen (secondary N) is 2. The molecule has 2 N–H and O–H groups in total. The smallest absolute Gasteiger partial charge is 0.246 e. The van der Waals surface area contributed by atoms with E-state index in [0.29, 0.717) is 17.9 Å². The molecule has 1 rings (SSSR count). The van der Waals surface area contributed by atoms with E-state index in [2.05, 4.69) is 25.9 Å². The monoisotopic (exact) mass is 195 g/mol. The summed E-state index contributed by atoms with van der Waals surface area (Å²) < 4.78 is 0. The van der Waals surface area contributed by atoms with Crippen molar-refractivity contribution in [1.82, 2.24) is 25.9 Å². The second kappa shape index (κ2) is 5.11. The van der Waals surface area contributed by atoms with E-state index in [1.54, 1.807) is 6.92 Å². The number of carbonyl (C=O) groups is 1. The van der Waals surface area contributed by atoms with Crippen molar-refractivity contribution in [3.63, 3.8) is 0 Å². The van der Waals surface area contributed by atoms with Crippen molar-refractivity contribution in [2.75, 3.05) is 0 Å². The second-order valence-corrected chi connectivity index (χ2v) is 2.81. The Morgan fingerprint density at radius 3 is 3.00 bits per heavy atom. The fraction of sp³-hybridized carbons (Fsp3) is 0.500. The van der Waals surface area contributed by atoms with Crippen LogP contribution < -0.4 is 5.32 Å². The summed E-state index contributed by atoms with van der Waals surface area (Å²) >= 11 is 0. The number of tetrazole rings is 1. The highest BCUT2D eigenvalue weighted by molar-refractivity contribution is 5.92. The molecule has 0 aliphatic heterocycles. The fourth-order valence-electron chi connectivity index (χ4n) is 0.955. The molecule has 0 radical (unpaired) electrons. The molecule has 1 aromatic heterocycles. The quantitative estimate of drug-likeness (QED) is 0.671. The molecule has 0 spiro atoms. The summed E-state index contributed by atoms with van der Waals surface area (Å²) in [6, 6.07) is 0. The lowest BCUT2D eigenvalue weighted by Crippen LogP contribution is -2.24. The molecule has 76 valence electrons. The lowest BCUT2D eigenvalue weighted by atomic mass is 10.2. The zero-order chi connectivity index (χ0) is 10.4. The molecule has 0 bridgehead atoms. The molecule has 1 heterocycles. The van der Waals surface area contributed by atoms with Gasteiger partial charge in [0.2, 0.25) is 5.91 Å². The summed E-state index contributed by atoms with van der Waals surface area (Å²) in [4.78, 5) is 11.4. The van der Waals surface area contributed by atoms with E-state index < -0.39 is 0 Å². The molecule has 0 atom stereocenters. The van der Waals surface area contributed by atoms with E-state index in [1.807, 2.05) is 13.0 Å².